The van der Waals surface area contributed by atoms with Gasteiger partial charge in [-0.25, -0.2) is 9.78 Å². The molecule has 7 nitrogen and oxygen atoms in total. The highest BCUT2D eigenvalue weighted by Crippen LogP contribution is 2.32. The average molecular weight is 413 g/mol. The summed E-state index contributed by atoms with van der Waals surface area (Å²) >= 11 is 1.45. The van der Waals surface area contributed by atoms with Crippen LogP contribution >= 0.6 is 11.3 Å². The number of pyridine rings is 1. The van der Waals surface area contributed by atoms with Gasteiger partial charge >= 0.3 is 6.09 Å². The third kappa shape index (κ3) is 4.83. The first kappa shape index (κ1) is 19.6. The molecule has 0 bridgehead atoms. The number of morpholine rings is 1. The van der Waals surface area contributed by atoms with Crippen molar-refractivity contribution in [1.29, 1.82) is 0 Å². The number of ether oxygens (including phenoxy) is 3. The molecule has 1 saturated heterocycles. The van der Waals surface area contributed by atoms with Crippen LogP contribution in [-0.4, -0.2) is 46.3 Å². The summed E-state index contributed by atoms with van der Waals surface area (Å²) in [5.41, 5.74) is 1.09. The maximum atomic E-state index is 12.4. The molecule has 1 aliphatic rings. The predicted molar refractivity (Wildman–Crippen MR) is 110 cm³/mol. The number of rotatable bonds is 3. The smallest absolute Gasteiger partial charge is 0.410 e. The van der Waals surface area contributed by atoms with Gasteiger partial charge in [-0.1, -0.05) is 23.5 Å². The predicted octanol–water partition coefficient (Wildman–Crippen LogP) is 4.79. The summed E-state index contributed by atoms with van der Waals surface area (Å²) in [7, 11) is 0. The number of fused-ring (bicyclic) bond motifs is 1. The zero-order valence-corrected chi connectivity index (χ0v) is 17.4. The quantitative estimate of drug-likeness (QED) is 0.615. The Labute approximate surface area is 173 Å². The van der Waals surface area contributed by atoms with Crippen molar-refractivity contribution in [3.8, 4) is 10.9 Å². The summed E-state index contributed by atoms with van der Waals surface area (Å²) in [6.45, 7) is 6.99. The number of nitrogens with zero attached hydrogens (tertiary/aromatic N) is 3. The first-order valence-corrected chi connectivity index (χ1v) is 10.3. The zero-order chi connectivity index (χ0) is 20.4. The number of thiazole rings is 1. The highest BCUT2D eigenvalue weighted by atomic mass is 32.1. The van der Waals surface area contributed by atoms with Crippen LogP contribution in [0.2, 0.25) is 0 Å². The van der Waals surface area contributed by atoms with E-state index in [4.69, 9.17) is 14.2 Å². The first-order valence-electron chi connectivity index (χ1n) is 9.46. The van der Waals surface area contributed by atoms with E-state index in [-0.39, 0.29) is 12.2 Å². The molecule has 0 radical (unpaired) electrons. The average Bonchev–Trinajstić information content (AvgIpc) is 3.09. The fraction of sp³-hybridized carbons (Fsp3) is 0.381. The van der Waals surface area contributed by atoms with Crippen molar-refractivity contribution in [2.45, 2.75) is 32.5 Å². The Kier molecular flexibility index (Phi) is 5.38. The second-order valence-corrected chi connectivity index (χ2v) is 8.76. The lowest BCUT2D eigenvalue weighted by atomic mass is 10.1. The lowest BCUT2D eigenvalue weighted by Gasteiger charge is -2.34. The molecule has 8 heteroatoms. The van der Waals surface area contributed by atoms with E-state index in [1.807, 2.05) is 57.2 Å². The van der Waals surface area contributed by atoms with Crippen LogP contribution in [0.25, 0.3) is 10.3 Å². The largest absolute Gasteiger partial charge is 0.444 e. The number of aromatic nitrogens is 2. The van der Waals surface area contributed by atoms with Crippen molar-refractivity contribution in [3.63, 3.8) is 0 Å². The Morgan fingerprint density at radius 2 is 2.14 bits per heavy atom. The van der Waals surface area contributed by atoms with Crippen LogP contribution in [-0.2, 0) is 9.47 Å². The second kappa shape index (κ2) is 7.96. The standard InChI is InChI=1S/C21H23N3O4S/c1-21(2,3)28-20(25)24-10-11-26-16(13-24)14-6-4-7-15(12-14)27-19-23-18-17(29-19)8-5-9-22-18/h4-9,12,16H,10-11,13H2,1-3H3/t16-/m0/s1. The number of amides is 1. The summed E-state index contributed by atoms with van der Waals surface area (Å²) in [4.78, 5) is 22.7. The second-order valence-electron chi connectivity index (χ2n) is 7.77. The van der Waals surface area contributed by atoms with Crippen LogP contribution in [0.4, 0.5) is 4.79 Å². The van der Waals surface area contributed by atoms with Gasteiger partial charge in [-0.05, 0) is 50.6 Å². The molecular formula is C21H23N3O4S. The van der Waals surface area contributed by atoms with E-state index in [1.54, 1.807) is 11.1 Å². The molecule has 152 valence electrons. The van der Waals surface area contributed by atoms with E-state index in [2.05, 4.69) is 9.97 Å². The SMILES string of the molecule is CC(C)(C)OC(=O)N1CCO[C@H](c2cccc(Oc3nc4ncccc4s3)c2)C1. The highest BCUT2D eigenvalue weighted by molar-refractivity contribution is 7.20. The molecular weight excluding hydrogens is 390 g/mol. The van der Waals surface area contributed by atoms with Gasteiger partial charge in [-0.15, -0.1) is 0 Å². The molecule has 0 spiro atoms. The monoisotopic (exact) mass is 413 g/mol. The van der Waals surface area contributed by atoms with E-state index in [0.29, 0.717) is 36.3 Å². The number of carbonyl (C=O) groups excluding carboxylic acids is 1. The highest BCUT2D eigenvalue weighted by Gasteiger charge is 2.29. The molecule has 1 atom stereocenters. The van der Waals surface area contributed by atoms with Crippen molar-refractivity contribution in [2.24, 2.45) is 0 Å². The molecule has 0 aliphatic carbocycles. The van der Waals surface area contributed by atoms with Crippen LogP contribution in [0.1, 0.15) is 32.4 Å². The minimum Gasteiger partial charge on any atom is -0.444 e. The van der Waals surface area contributed by atoms with Gasteiger partial charge in [-0.2, -0.15) is 4.98 Å². The minimum absolute atomic E-state index is 0.239. The van der Waals surface area contributed by atoms with Gasteiger partial charge < -0.3 is 19.1 Å². The normalized spacial score (nSPS) is 17.3. The van der Waals surface area contributed by atoms with E-state index >= 15 is 0 Å². The molecule has 29 heavy (non-hydrogen) atoms. The molecule has 1 fully saturated rings. The van der Waals surface area contributed by atoms with Crippen molar-refractivity contribution in [2.75, 3.05) is 19.7 Å². The molecule has 0 saturated carbocycles. The Bertz CT molecular complexity index is 981. The maximum Gasteiger partial charge on any atom is 0.410 e. The third-order valence-electron chi connectivity index (χ3n) is 4.30. The Morgan fingerprint density at radius 1 is 1.28 bits per heavy atom. The van der Waals surface area contributed by atoms with E-state index in [0.717, 1.165) is 10.3 Å². The van der Waals surface area contributed by atoms with Crippen molar-refractivity contribution < 1.29 is 19.0 Å². The van der Waals surface area contributed by atoms with Gasteiger partial charge in [0.2, 0.25) is 0 Å². The first-order chi connectivity index (χ1) is 13.9. The van der Waals surface area contributed by atoms with Gasteiger partial charge in [0.05, 0.1) is 17.9 Å². The molecule has 2 aromatic heterocycles. The van der Waals surface area contributed by atoms with E-state index in [9.17, 15) is 4.79 Å². The third-order valence-corrected chi connectivity index (χ3v) is 5.19. The molecule has 1 aromatic carbocycles. The molecule has 1 amide bonds. The van der Waals surface area contributed by atoms with Crippen LogP contribution < -0.4 is 4.74 Å². The van der Waals surface area contributed by atoms with E-state index < -0.39 is 5.60 Å². The van der Waals surface area contributed by atoms with Crippen molar-refractivity contribution >= 4 is 27.8 Å². The van der Waals surface area contributed by atoms with Gasteiger partial charge in [0.25, 0.3) is 5.19 Å². The van der Waals surface area contributed by atoms with Crippen LogP contribution in [0.3, 0.4) is 0 Å². The summed E-state index contributed by atoms with van der Waals surface area (Å²) in [5, 5.41) is 0.538. The van der Waals surface area contributed by atoms with Crippen LogP contribution in [0, 0.1) is 0 Å². The van der Waals surface area contributed by atoms with Gasteiger partial charge in [0.1, 0.15) is 17.5 Å². The number of benzene rings is 1. The Balaban J connectivity index is 1.47. The van der Waals surface area contributed by atoms with Gasteiger partial charge in [-0.3, -0.25) is 0 Å². The minimum atomic E-state index is -0.523. The molecule has 1 aliphatic heterocycles. The lowest BCUT2D eigenvalue weighted by Crippen LogP contribution is -2.44. The van der Waals surface area contributed by atoms with Gasteiger partial charge in [0, 0.05) is 12.7 Å². The molecule has 4 rings (SSSR count). The molecule has 3 heterocycles. The molecule has 0 N–H and O–H groups in total. The molecule has 3 aromatic rings. The number of hydrogen-bond acceptors (Lipinski definition) is 7. The summed E-state index contributed by atoms with van der Waals surface area (Å²) in [6, 6.07) is 11.5. The number of carbonyl (C=O) groups is 1. The zero-order valence-electron chi connectivity index (χ0n) is 16.6. The molecule has 0 unspecified atom stereocenters. The maximum absolute atomic E-state index is 12.4. The topological polar surface area (TPSA) is 73.8 Å². The fourth-order valence-electron chi connectivity index (χ4n) is 3.02. The number of hydrogen-bond donors (Lipinski definition) is 0. The Hall–Kier alpha value is -2.71. The van der Waals surface area contributed by atoms with Crippen molar-refractivity contribution in [1.82, 2.24) is 14.9 Å². The van der Waals surface area contributed by atoms with Crippen LogP contribution in [0.5, 0.6) is 10.9 Å². The Morgan fingerprint density at radius 3 is 2.93 bits per heavy atom. The lowest BCUT2D eigenvalue weighted by molar-refractivity contribution is -0.0433. The summed E-state index contributed by atoms with van der Waals surface area (Å²) in [5.74, 6) is 0.666. The summed E-state index contributed by atoms with van der Waals surface area (Å²) in [6.07, 6.45) is 1.15. The van der Waals surface area contributed by atoms with Gasteiger partial charge in [0.15, 0.2) is 5.65 Å². The fourth-order valence-corrected chi connectivity index (χ4v) is 3.81. The van der Waals surface area contributed by atoms with Crippen LogP contribution in [0.15, 0.2) is 42.6 Å². The van der Waals surface area contributed by atoms with Crippen molar-refractivity contribution in [3.05, 3.63) is 48.2 Å². The van der Waals surface area contributed by atoms with E-state index in [1.165, 1.54) is 11.3 Å². The summed E-state index contributed by atoms with van der Waals surface area (Å²) < 4.78 is 18.3.